The Morgan fingerprint density at radius 1 is 1.56 bits per heavy atom. The SMILES string of the molecule is CN(CC1CCC1)c1ccc(C#N)c([N+](=O)[O-])c1. The van der Waals surface area contributed by atoms with Crippen LogP contribution in [0, 0.1) is 27.4 Å². The van der Waals surface area contributed by atoms with Crippen LogP contribution in [-0.4, -0.2) is 18.5 Å². The van der Waals surface area contributed by atoms with Gasteiger partial charge in [-0.05, 0) is 30.9 Å². The summed E-state index contributed by atoms with van der Waals surface area (Å²) in [6.07, 6.45) is 3.76. The Bertz CT molecular complexity index is 503. The summed E-state index contributed by atoms with van der Waals surface area (Å²) < 4.78 is 0. The van der Waals surface area contributed by atoms with E-state index in [9.17, 15) is 10.1 Å². The van der Waals surface area contributed by atoms with E-state index in [1.165, 1.54) is 31.4 Å². The smallest absolute Gasteiger partial charge is 0.289 e. The standard InChI is InChI=1S/C13H15N3O2/c1-15(9-10-3-2-4-10)12-6-5-11(8-14)13(7-12)16(17)18/h5-7,10H,2-4,9H2,1H3. The minimum absolute atomic E-state index is 0.112. The van der Waals surface area contributed by atoms with Crippen molar-refractivity contribution in [1.82, 2.24) is 0 Å². The van der Waals surface area contributed by atoms with Crippen molar-refractivity contribution >= 4 is 11.4 Å². The maximum atomic E-state index is 10.9. The van der Waals surface area contributed by atoms with Crippen molar-refractivity contribution in [3.63, 3.8) is 0 Å². The molecule has 1 aliphatic rings. The second kappa shape index (κ2) is 5.05. The van der Waals surface area contributed by atoms with Crippen LogP contribution in [0.5, 0.6) is 0 Å². The van der Waals surface area contributed by atoms with Gasteiger partial charge in [-0.3, -0.25) is 10.1 Å². The third kappa shape index (κ3) is 2.43. The zero-order valence-corrected chi connectivity index (χ0v) is 10.3. The first-order valence-corrected chi connectivity index (χ1v) is 6.01. The number of rotatable bonds is 4. The van der Waals surface area contributed by atoms with E-state index >= 15 is 0 Å². The maximum absolute atomic E-state index is 10.9. The average molecular weight is 245 g/mol. The van der Waals surface area contributed by atoms with E-state index in [0.717, 1.165) is 12.2 Å². The molecule has 18 heavy (non-hydrogen) atoms. The van der Waals surface area contributed by atoms with Crippen LogP contribution in [0.15, 0.2) is 18.2 Å². The molecule has 0 N–H and O–H groups in total. The summed E-state index contributed by atoms with van der Waals surface area (Å²) in [6, 6.07) is 6.62. The first kappa shape index (κ1) is 12.4. The van der Waals surface area contributed by atoms with E-state index < -0.39 is 4.92 Å². The molecule has 0 heterocycles. The fourth-order valence-electron chi connectivity index (χ4n) is 2.17. The number of hydrogen-bond donors (Lipinski definition) is 0. The highest BCUT2D eigenvalue weighted by atomic mass is 16.6. The van der Waals surface area contributed by atoms with Crippen molar-refractivity contribution in [3.05, 3.63) is 33.9 Å². The fraction of sp³-hybridized carbons (Fsp3) is 0.462. The summed E-state index contributed by atoms with van der Waals surface area (Å²) in [4.78, 5) is 12.4. The van der Waals surface area contributed by atoms with Crippen LogP contribution in [0.1, 0.15) is 24.8 Å². The van der Waals surface area contributed by atoms with Gasteiger partial charge in [-0.15, -0.1) is 0 Å². The molecular formula is C13H15N3O2. The lowest BCUT2D eigenvalue weighted by molar-refractivity contribution is -0.385. The molecule has 0 amide bonds. The molecule has 0 radical (unpaired) electrons. The molecule has 5 nitrogen and oxygen atoms in total. The minimum Gasteiger partial charge on any atom is -0.374 e. The zero-order valence-electron chi connectivity index (χ0n) is 10.3. The Morgan fingerprint density at radius 2 is 2.28 bits per heavy atom. The molecule has 0 atom stereocenters. The summed E-state index contributed by atoms with van der Waals surface area (Å²) in [5, 5.41) is 19.7. The van der Waals surface area contributed by atoms with Crippen molar-refractivity contribution in [2.75, 3.05) is 18.5 Å². The molecule has 0 aliphatic heterocycles. The number of nitro groups is 1. The van der Waals surface area contributed by atoms with Gasteiger partial charge in [-0.25, -0.2) is 0 Å². The lowest BCUT2D eigenvalue weighted by Gasteiger charge is -2.31. The molecule has 0 spiro atoms. The van der Waals surface area contributed by atoms with Gasteiger partial charge < -0.3 is 4.90 Å². The monoisotopic (exact) mass is 245 g/mol. The zero-order chi connectivity index (χ0) is 13.1. The van der Waals surface area contributed by atoms with E-state index in [1.807, 2.05) is 18.0 Å². The Hall–Kier alpha value is -2.09. The molecule has 0 saturated heterocycles. The first-order valence-electron chi connectivity index (χ1n) is 6.01. The van der Waals surface area contributed by atoms with Crippen LogP contribution < -0.4 is 4.90 Å². The number of nitriles is 1. The largest absolute Gasteiger partial charge is 0.374 e. The highest BCUT2D eigenvalue weighted by Crippen LogP contribution is 2.30. The van der Waals surface area contributed by atoms with Gasteiger partial charge in [0.15, 0.2) is 0 Å². The lowest BCUT2D eigenvalue weighted by atomic mass is 9.85. The van der Waals surface area contributed by atoms with E-state index in [2.05, 4.69) is 0 Å². The molecular weight excluding hydrogens is 230 g/mol. The van der Waals surface area contributed by atoms with Crippen molar-refractivity contribution in [1.29, 1.82) is 5.26 Å². The van der Waals surface area contributed by atoms with Crippen LogP contribution in [0.4, 0.5) is 11.4 Å². The predicted octanol–water partition coefficient (Wildman–Crippen LogP) is 2.70. The second-order valence-electron chi connectivity index (χ2n) is 4.75. The predicted molar refractivity (Wildman–Crippen MR) is 68.4 cm³/mol. The number of nitro benzene ring substituents is 1. The quantitative estimate of drug-likeness (QED) is 0.604. The fourth-order valence-corrected chi connectivity index (χ4v) is 2.17. The highest BCUT2D eigenvalue weighted by molar-refractivity contribution is 5.60. The molecule has 94 valence electrons. The molecule has 2 rings (SSSR count). The topological polar surface area (TPSA) is 70.2 Å². The summed E-state index contributed by atoms with van der Waals surface area (Å²) >= 11 is 0. The Kier molecular flexibility index (Phi) is 3.47. The van der Waals surface area contributed by atoms with Gasteiger partial charge in [0.25, 0.3) is 5.69 Å². The van der Waals surface area contributed by atoms with Gasteiger partial charge in [-0.1, -0.05) is 6.42 Å². The van der Waals surface area contributed by atoms with Gasteiger partial charge in [0, 0.05) is 25.3 Å². The average Bonchev–Trinajstić information content (AvgIpc) is 2.32. The molecule has 1 aromatic rings. The normalized spacial score (nSPS) is 14.7. The lowest BCUT2D eigenvalue weighted by Crippen LogP contribution is -2.29. The number of nitrogens with zero attached hydrogens (tertiary/aromatic N) is 3. The first-order chi connectivity index (χ1) is 8.61. The van der Waals surface area contributed by atoms with Crippen LogP contribution in [-0.2, 0) is 0 Å². The van der Waals surface area contributed by atoms with Crippen LogP contribution in [0.25, 0.3) is 0 Å². The number of anilines is 1. The van der Waals surface area contributed by atoms with Crippen LogP contribution in [0.2, 0.25) is 0 Å². The molecule has 0 unspecified atom stereocenters. The summed E-state index contributed by atoms with van der Waals surface area (Å²) in [5.41, 5.74) is 0.795. The number of hydrogen-bond acceptors (Lipinski definition) is 4. The van der Waals surface area contributed by atoms with Crippen molar-refractivity contribution in [3.8, 4) is 6.07 Å². The van der Waals surface area contributed by atoms with Gasteiger partial charge in [0.1, 0.15) is 11.6 Å². The second-order valence-corrected chi connectivity index (χ2v) is 4.75. The van der Waals surface area contributed by atoms with Gasteiger partial charge in [0.2, 0.25) is 0 Å². The Balaban J connectivity index is 2.20. The third-order valence-corrected chi connectivity index (χ3v) is 3.50. The van der Waals surface area contributed by atoms with Crippen molar-refractivity contribution in [2.45, 2.75) is 19.3 Å². The Morgan fingerprint density at radius 3 is 2.78 bits per heavy atom. The van der Waals surface area contributed by atoms with E-state index in [4.69, 9.17) is 5.26 Å². The van der Waals surface area contributed by atoms with Crippen LogP contribution in [0.3, 0.4) is 0 Å². The van der Waals surface area contributed by atoms with E-state index in [0.29, 0.717) is 5.92 Å². The van der Waals surface area contributed by atoms with Gasteiger partial charge in [-0.2, -0.15) is 5.26 Å². The third-order valence-electron chi connectivity index (χ3n) is 3.50. The summed E-state index contributed by atoms with van der Waals surface area (Å²) in [6.45, 7) is 0.920. The van der Waals surface area contributed by atoms with E-state index in [-0.39, 0.29) is 11.3 Å². The van der Waals surface area contributed by atoms with Gasteiger partial charge in [0.05, 0.1) is 4.92 Å². The molecule has 1 fully saturated rings. The summed E-state index contributed by atoms with van der Waals surface area (Å²) in [7, 11) is 1.93. The van der Waals surface area contributed by atoms with Crippen molar-refractivity contribution in [2.24, 2.45) is 5.92 Å². The van der Waals surface area contributed by atoms with E-state index in [1.54, 1.807) is 6.07 Å². The minimum atomic E-state index is -0.501. The number of benzene rings is 1. The maximum Gasteiger partial charge on any atom is 0.289 e. The Labute approximate surface area is 106 Å². The molecule has 1 aromatic carbocycles. The highest BCUT2D eigenvalue weighted by Gasteiger charge is 2.21. The van der Waals surface area contributed by atoms with Gasteiger partial charge >= 0.3 is 0 Å². The van der Waals surface area contributed by atoms with Crippen molar-refractivity contribution < 1.29 is 4.92 Å². The molecule has 1 saturated carbocycles. The van der Waals surface area contributed by atoms with Crippen LogP contribution >= 0.6 is 0 Å². The molecule has 5 heteroatoms. The molecule has 0 aromatic heterocycles. The summed E-state index contributed by atoms with van der Waals surface area (Å²) in [5.74, 6) is 0.699. The molecule has 0 bridgehead atoms. The molecule has 1 aliphatic carbocycles.